The van der Waals surface area contributed by atoms with Crippen molar-refractivity contribution in [1.82, 2.24) is 20.6 Å². The van der Waals surface area contributed by atoms with Crippen LogP contribution < -0.4 is 10.6 Å². The molecular formula is C18H16N4O2. The first-order valence-electron chi connectivity index (χ1n) is 7.81. The highest BCUT2D eigenvalue weighted by Gasteiger charge is 2.25. The minimum Gasteiger partial charge on any atom is -0.351 e. The average Bonchev–Trinajstić information content (AvgIpc) is 3.09. The van der Waals surface area contributed by atoms with Gasteiger partial charge in [0.2, 0.25) is 0 Å². The van der Waals surface area contributed by atoms with Gasteiger partial charge in [-0.1, -0.05) is 18.2 Å². The van der Waals surface area contributed by atoms with E-state index >= 15 is 0 Å². The molecule has 0 bridgehead atoms. The van der Waals surface area contributed by atoms with Gasteiger partial charge in [0.15, 0.2) is 0 Å². The highest BCUT2D eigenvalue weighted by atomic mass is 16.2. The van der Waals surface area contributed by atoms with Crippen molar-refractivity contribution in [2.45, 2.75) is 5.92 Å². The van der Waals surface area contributed by atoms with Crippen LogP contribution >= 0.6 is 0 Å². The molecule has 1 atom stereocenters. The van der Waals surface area contributed by atoms with Gasteiger partial charge in [-0.25, -0.2) is 4.98 Å². The van der Waals surface area contributed by atoms with Crippen molar-refractivity contribution in [3.05, 3.63) is 65.5 Å². The van der Waals surface area contributed by atoms with Crippen LogP contribution in [0.3, 0.4) is 0 Å². The van der Waals surface area contributed by atoms with Crippen LogP contribution in [-0.2, 0) is 0 Å². The molecule has 2 aromatic carbocycles. The molecule has 4 rings (SSSR count). The molecule has 6 heteroatoms. The van der Waals surface area contributed by atoms with E-state index in [0.717, 1.165) is 16.6 Å². The first-order valence-corrected chi connectivity index (χ1v) is 7.81. The number of carbonyl (C=O) groups is 2. The zero-order valence-electron chi connectivity index (χ0n) is 12.9. The van der Waals surface area contributed by atoms with Crippen LogP contribution in [0.4, 0.5) is 0 Å². The second kappa shape index (κ2) is 5.81. The minimum atomic E-state index is -0.138. The smallest absolute Gasteiger partial charge is 0.251 e. The highest BCUT2D eigenvalue weighted by molar-refractivity contribution is 5.98. The fourth-order valence-electron chi connectivity index (χ4n) is 3.06. The Labute approximate surface area is 138 Å². The number of aromatic nitrogens is 2. The van der Waals surface area contributed by atoms with Gasteiger partial charge in [0.25, 0.3) is 11.8 Å². The molecule has 1 aliphatic heterocycles. The Bertz CT molecular complexity index is 931. The maximum atomic E-state index is 12.4. The Morgan fingerprint density at radius 2 is 2.12 bits per heavy atom. The molecule has 0 saturated heterocycles. The summed E-state index contributed by atoms with van der Waals surface area (Å²) in [5, 5.41) is 5.83. The third kappa shape index (κ3) is 2.52. The second-order valence-electron chi connectivity index (χ2n) is 5.84. The molecule has 24 heavy (non-hydrogen) atoms. The largest absolute Gasteiger partial charge is 0.351 e. The number of hydrogen-bond acceptors (Lipinski definition) is 3. The molecule has 0 saturated carbocycles. The van der Waals surface area contributed by atoms with Crippen molar-refractivity contribution in [3.63, 3.8) is 0 Å². The van der Waals surface area contributed by atoms with Gasteiger partial charge in [0.1, 0.15) is 0 Å². The van der Waals surface area contributed by atoms with E-state index in [9.17, 15) is 9.59 Å². The second-order valence-corrected chi connectivity index (χ2v) is 5.84. The van der Waals surface area contributed by atoms with Gasteiger partial charge < -0.3 is 15.6 Å². The topological polar surface area (TPSA) is 86.9 Å². The summed E-state index contributed by atoms with van der Waals surface area (Å²) in [4.78, 5) is 31.4. The summed E-state index contributed by atoms with van der Waals surface area (Å²) in [6.45, 7) is 0.993. The molecule has 3 aromatic rings. The van der Waals surface area contributed by atoms with Crippen LogP contribution in [0.15, 0.2) is 48.8 Å². The number of hydrogen-bond donors (Lipinski definition) is 3. The van der Waals surface area contributed by atoms with Crippen LogP contribution in [0.2, 0.25) is 0 Å². The first kappa shape index (κ1) is 14.4. The lowest BCUT2D eigenvalue weighted by Gasteiger charge is -2.25. The molecule has 3 N–H and O–H groups in total. The van der Waals surface area contributed by atoms with Crippen LogP contribution in [0.1, 0.15) is 32.2 Å². The Hall–Kier alpha value is -3.15. The molecule has 0 fully saturated rings. The number of carbonyl (C=O) groups excluding carboxylic acids is 2. The van der Waals surface area contributed by atoms with E-state index < -0.39 is 0 Å². The summed E-state index contributed by atoms with van der Waals surface area (Å²) in [7, 11) is 0. The summed E-state index contributed by atoms with van der Waals surface area (Å²) in [5.41, 5.74) is 3.90. The first-order chi connectivity index (χ1) is 11.7. The monoisotopic (exact) mass is 320 g/mol. The van der Waals surface area contributed by atoms with Crippen molar-refractivity contribution in [2.24, 2.45) is 0 Å². The molecule has 1 unspecified atom stereocenters. The lowest BCUT2D eigenvalue weighted by molar-refractivity contribution is 0.0936. The van der Waals surface area contributed by atoms with E-state index in [1.165, 1.54) is 0 Å². The van der Waals surface area contributed by atoms with Crippen LogP contribution in [0, 0.1) is 0 Å². The number of benzene rings is 2. The number of aromatic amines is 1. The molecule has 6 nitrogen and oxygen atoms in total. The van der Waals surface area contributed by atoms with Gasteiger partial charge in [-0.2, -0.15) is 0 Å². The summed E-state index contributed by atoms with van der Waals surface area (Å²) in [6.07, 6.45) is 1.61. The predicted octanol–water partition coefficient (Wildman–Crippen LogP) is 1.82. The average molecular weight is 320 g/mol. The molecule has 2 amide bonds. The zero-order valence-corrected chi connectivity index (χ0v) is 12.9. The Morgan fingerprint density at radius 3 is 3.04 bits per heavy atom. The highest BCUT2D eigenvalue weighted by Crippen LogP contribution is 2.23. The third-order valence-corrected chi connectivity index (χ3v) is 4.35. The molecule has 1 aliphatic rings. The molecule has 1 aromatic heterocycles. The van der Waals surface area contributed by atoms with E-state index in [0.29, 0.717) is 24.2 Å². The van der Waals surface area contributed by atoms with Crippen molar-refractivity contribution < 1.29 is 9.59 Å². The molecule has 0 radical (unpaired) electrons. The number of nitrogens with zero attached hydrogens (tertiary/aromatic N) is 1. The van der Waals surface area contributed by atoms with Gasteiger partial charge in [0.05, 0.1) is 17.4 Å². The maximum Gasteiger partial charge on any atom is 0.251 e. The molecular weight excluding hydrogens is 304 g/mol. The van der Waals surface area contributed by atoms with Crippen molar-refractivity contribution in [2.75, 3.05) is 13.1 Å². The lowest BCUT2D eigenvalue weighted by Crippen LogP contribution is -2.40. The van der Waals surface area contributed by atoms with E-state index in [2.05, 4.69) is 20.6 Å². The number of imidazole rings is 1. The number of H-pyrrole nitrogens is 1. The Balaban J connectivity index is 1.49. The lowest BCUT2D eigenvalue weighted by atomic mass is 9.90. The summed E-state index contributed by atoms with van der Waals surface area (Å²) >= 11 is 0. The minimum absolute atomic E-state index is 0.0575. The zero-order chi connectivity index (χ0) is 16.5. The number of rotatable bonds is 3. The summed E-state index contributed by atoms with van der Waals surface area (Å²) in [6, 6.07) is 12.9. The van der Waals surface area contributed by atoms with Gasteiger partial charge >= 0.3 is 0 Å². The van der Waals surface area contributed by atoms with Crippen LogP contribution in [0.25, 0.3) is 11.0 Å². The van der Waals surface area contributed by atoms with Crippen molar-refractivity contribution >= 4 is 22.8 Å². The number of amides is 2. The standard InChI is InChI=1S/C18H16N4O2/c23-17(11-5-6-15-16(7-11)22-10-21-15)19-8-12-9-20-18(24)14-4-2-1-3-13(12)14/h1-7,10,12H,8-9H2,(H,19,23)(H,20,24)(H,21,22). The van der Waals surface area contributed by atoms with E-state index in [1.807, 2.05) is 30.3 Å². The molecule has 120 valence electrons. The summed E-state index contributed by atoms with van der Waals surface area (Å²) in [5.74, 6) is -0.127. The Kier molecular flexibility index (Phi) is 3.49. The van der Waals surface area contributed by atoms with Crippen LogP contribution in [-0.4, -0.2) is 34.9 Å². The SMILES string of the molecule is O=C(NCC1CNC(=O)c2ccccc21)c1ccc2nc[nH]c2c1. The molecule has 0 aliphatic carbocycles. The van der Waals surface area contributed by atoms with Gasteiger partial charge in [-0.3, -0.25) is 9.59 Å². The van der Waals surface area contributed by atoms with E-state index in [4.69, 9.17) is 0 Å². The Morgan fingerprint density at radius 1 is 1.25 bits per heavy atom. The van der Waals surface area contributed by atoms with E-state index in [-0.39, 0.29) is 17.7 Å². The van der Waals surface area contributed by atoms with Crippen molar-refractivity contribution in [1.29, 1.82) is 0 Å². The maximum absolute atomic E-state index is 12.4. The predicted molar refractivity (Wildman–Crippen MR) is 89.9 cm³/mol. The number of fused-ring (bicyclic) bond motifs is 2. The fourth-order valence-corrected chi connectivity index (χ4v) is 3.06. The molecule has 0 spiro atoms. The quantitative estimate of drug-likeness (QED) is 0.688. The van der Waals surface area contributed by atoms with Crippen LogP contribution in [0.5, 0.6) is 0 Å². The summed E-state index contributed by atoms with van der Waals surface area (Å²) < 4.78 is 0. The normalized spacial score (nSPS) is 16.5. The van der Waals surface area contributed by atoms with Gasteiger partial charge in [0, 0.05) is 30.1 Å². The van der Waals surface area contributed by atoms with E-state index in [1.54, 1.807) is 18.5 Å². The fraction of sp³-hybridized carbons (Fsp3) is 0.167. The third-order valence-electron chi connectivity index (χ3n) is 4.35. The van der Waals surface area contributed by atoms with Gasteiger partial charge in [-0.05, 0) is 29.8 Å². The number of nitrogens with one attached hydrogen (secondary N) is 3. The van der Waals surface area contributed by atoms with Crippen molar-refractivity contribution in [3.8, 4) is 0 Å². The van der Waals surface area contributed by atoms with Gasteiger partial charge in [-0.15, -0.1) is 0 Å². The molecule has 2 heterocycles.